The van der Waals surface area contributed by atoms with E-state index in [1.807, 2.05) is 54.6 Å². The van der Waals surface area contributed by atoms with Crippen LogP contribution in [-0.2, 0) is 12.8 Å². The van der Waals surface area contributed by atoms with Gasteiger partial charge in [0.25, 0.3) is 0 Å². The lowest BCUT2D eigenvalue weighted by atomic mass is 9.79. The van der Waals surface area contributed by atoms with E-state index in [4.69, 9.17) is 0 Å². The lowest BCUT2D eigenvalue weighted by Gasteiger charge is -2.18. The molecule has 0 heterocycles. The fourth-order valence-electron chi connectivity index (χ4n) is 2.78. The molecule has 0 spiro atoms. The van der Waals surface area contributed by atoms with Gasteiger partial charge in [0.05, 0.1) is 6.07 Å². The molecule has 0 saturated heterocycles. The van der Waals surface area contributed by atoms with Crippen LogP contribution in [0.3, 0.4) is 0 Å². The van der Waals surface area contributed by atoms with Crippen molar-refractivity contribution in [3.05, 3.63) is 71.3 Å². The van der Waals surface area contributed by atoms with E-state index in [1.54, 1.807) is 0 Å². The Labute approximate surface area is 112 Å². The Morgan fingerprint density at radius 1 is 1.05 bits per heavy atom. The molecule has 0 N–H and O–H groups in total. The van der Waals surface area contributed by atoms with E-state index >= 15 is 0 Å². The van der Waals surface area contributed by atoms with Gasteiger partial charge in [0, 0.05) is 5.56 Å². The van der Waals surface area contributed by atoms with Crippen molar-refractivity contribution in [2.24, 2.45) is 5.41 Å². The number of carbonyl (C=O) groups is 1. The number of hydrogen-bond acceptors (Lipinski definition) is 2. The summed E-state index contributed by atoms with van der Waals surface area (Å²) in [6, 6.07) is 19.6. The Balaban J connectivity index is 2.00. The molecule has 2 aromatic carbocycles. The first-order valence-corrected chi connectivity index (χ1v) is 6.33. The third-order valence-electron chi connectivity index (χ3n) is 3.75. The molecule has 0 aliphatic heterocycles. The van der Waals surface area contributed by atoms with Gasteiger partial charge in [-0.05, 0) is 24.0 Å². The van der Waals surface area contributed by atoms with Crippen LogP contribution in [0.1, 0.15) is 21.5 Å². The number of fused-ring (bicyclic) bond motifs is 1. The fraction of sp³-hybridized carbons (Fsp3) is 0.176. The zero-order valence-corrected chi connectivity index (χ0v) is 10.5. The highest BCUT2D eigenvalue weighted by atomic mass is 16.1. The Kier molecular flexibility index (Phi) is 2.68. The van der Waals surface area contributed by atoms with Crippen molar-refractivity contribution in [3.63, 3.8) is 0 Å². The molecule has 1 aliphatic carbocycles. The second kappa shape index (κ2) is 4.37. The van der Waals surface area contributed by atoms with Crippen LogP contribution in [0, 0.1) is 16.7 Å². The molecular weight excluding hydrogens is 234 g/mol. The van der Waals surface area contributed by atoms with E-state index < -0.39 is 5.41 Å². The number of hydrogen-bond donors (Lipinski definition) is 0. The number of ketones is 1. The van der Waals surface area contributed by atoms with Crippen molar-refractivity contribution < 1.29 is 4.79 Å². The Hall–Kier alpha value is -2.40. The minimum atomic E-state index is -0.926. The van der Waals surface area contributed by atoms with Gasteiger partial charge in [-0.1, -0.05) is 54.6 Å². The predicted molar refractivity (Wildman–Crippen MR) is 72.7 cm³/mol. The van der Waals surface area contributed by atoms with Crippen molar-refractivity contribution in [2.45, 2.75) is 12.8 Å². The van der Waals surface area contributed by atoms with Gasteiger partial charge in [0.15, 0.2) is 5.78 Å². The van der Waals surface area contributed by atoms with E-state index in [2.05, 4.69) is 6.07 Å². The molecule has 1 atom stereocenters. The molecular formula is C17H13NO. The molecule has 19 heavy (non-hydrogen) atoms. The van der Waals surface area contributed by atoms with E-state index in [0.717, 1.165) is 11.1 Å². The van der Waals surface area contributed by atoms with Gasteiger partial charge in [-0.15, -0.1) is 0 Å². The highest BCUT2D eigenvalue weighted by molar-refractivity contribution is 6.06. The molecule has 0 unspecified atom stereocenters. The monoisotopic (exact) mass is 247 g/mol. The van der Waals surface area contributed by atoms with Crippen molar-refractivity contribution in [3.8, 4) is 6.07 Å². The van der Waals surface area contributed by atoms with Gasteiger partial charge in [-0.3, -0.25) is 4.79 Å². The molecule has 2 nitrogen and oxygen atoms in total. The molecule has 3 rings (SSSR count). The Morgan fingerprint density at radius 2 is 1.74 bits per heavy atom. The van der Waals surface area contributed by atoms with Gasteiger partial charge in [0.1, 0.15) is 5.41 Å². The highest BCUT2D eigenvalue weighted by Gasteiger charge is 2.45. The number of rotatable bonds is 2. The van der Waals surface area contributed by atoms with Crippen LogP contribution in [0.4, 0.5) is 0 Å². The van der Waals surface area contributed by atoms with Gasteiger partial charge >= 0.3 is 0 Å². The van der Waals surface area contributed by atoms with Crippen molar-refractivity contribution in [1.29, 1.82) is 5.26 Å². The first-order chi connectivity index (χ1) is 9.25. The van der Waals surface area contributed by atoms with Crippen molar-refractivity contribution >= 4 is 5.78 Å². The molecule has 2 heteroatoms. The van der Waals surface area contributed by atoms with E-state index in [0.29, 0.717) is 18.4 Å². The largest absolute Gasteiger partial charge is 0.292 e. The van der Waals surface area contributed by atoms with E-state index in [1.165, 1.54) is 0 Å². The normalized spacial score (nSPS) is 20.9. The van der Waals surface area contributed by atoms with Gasteiger partial charge in [-0.2, -0.15) is 5.26 Å². The Morgan fingerprint density at radius 3 is 2.42 bits per heavy atom. The number of Topliss-reactive ketones (excluding diaryl/α,β-unsaturated/α-hetero) is 1. The van der Waals surface area contributed by atoms with Crippen LogP contribution in [0.2, 0.25) is 0 Å². The summed E-state index contributed by atoms with van der Waals surface area (Å²) in [6.45, 7) is 0. The molecule has 1 aliphatic rings. The summed E-state index contributed by atoms with van der Waals surface area (Å²) in [7, 11) is 0. The van der Waals surface area contributed by atoms with E-state index in [9.17, 15) is 10.1 Å². The minimum absolute atomic E-state index is 0.0329. The summed E-state index contributed by atoms with van der Waals surface area (Å²) in [6.07, 6.45) is 1.01. The summed E-state index contributed by atoms with van der Waals surface area (Å²) in [5.74, 6) is -0.0329. The van der Waals surface area contributed by atoms with Crippen LogP contribution in [-0.4, -0.2) is 5.78 Å². The summed E-state index contributed by atoms with van der Waals surface area (Å²) in [5.41, 5.74) is 1.81. The van der Waals surface area contributed by atoms with Gasteiger partial charge < -0.3 is 0 Å². The maximum Gasteiger partial charge on any atom is 0.184 e. The molecule has 0 bridgehead atoms. The molecule has 0 aromatic heterocycles. The predicted octanol–water partition coefficient (Wildman–Crippen LogP) is 3.18. The zero-order chi connectivity index (χ0) is 13.3. The van der Waals surface area contributed by atoms with Gasteiger partial charge in [0.2, 0.25) is 0 Å². The van der Waals surface area contributed by atoms with Crippen LogP contribution in [0.25, 0.3) is 0 Å². The smallest absolute Gasteiger partial charge is 0.184 e. The quantitative estimate of drug-likeness (QED) is 0.817. The molecule has 92 valence electrons. The van der Waals surface area contributed by atoms with Crippen LogP contribution in [0.15, 0.2) is 54.6 Å². The first-order valence-electron chi connectivity index (χ1n) is 6.33. The average Bonchev–Trinajstić information content (AvgIpc) is 2.74. The lowest BCUT2D eigenvalue weighted by Crippen LogP contribution is -2.28. The number of carbonyl (C=O) groups excluding carboxylic acids is 1. The molecule has 0 fully saturated rings. The van der Waals surface area contributed by atoms with Crippen molar-refractivity contribution in [1.82, 2.24) is 0 Å². The Bertz CT molecular complexity index is 669. The lowest BCUT2D eigenvalue weighted by molar-refractivity contribution is 0.0882. The molecule has 0 amide bonds. The summed E-state index contributed by atoms with van der Waals surface area (Å²) in [5, 5.41) is 9.55. The molecule has 0 radical (unpaired) electrons. The summed E-state index contributed by atoms with van der Waals surface area (Å²) < 4.78 is 0. The standard InChI is InChI=1S/C17H13NO/c18-12-17(10-13-6-2-1-3-7-13)11-14-8-4-5-9-15(14)16(17)19/h1-9H,10-11H2/t17-/m0/s1. The summed E-state index contributed by atoms with van der Waals surface area (Å²) >= 11 is 0. The number of nitriles is 1. The average molecular weight is 247 g/mol. The van der Waals surface area contributed by atoms with E-state index in [-0.39, 0.29) is 5.78 Å². The fourth-order valence-corrected chi connectivity index (χ4v) is 2.78. The molecule has 2 aromatic rings. The highest BCUT2D eigenvalue weighted by Crippen LogP contribution is 2.39. The SMILES string of the molecule is N#C[C@]1(Cc2ccccc2)Cc2ccccc2C1=O. The second-order valence-corrected chi connectivity index (χ2v) is 5.02. The van der Waals surface area contributed by atoms with Crippen molar-refractivity contribution in [2.75, 3.05) is 0 Å². The third kappa shape index (κ3) is 1.84. The topological polar surface area (TPSA) is 40.9 Å². The number of nitrogens with zero attached hydrogens (tertiary/aromatic N) is 1. The van der Waals surface area contributed by atoms with Crippen LogP contribution < -0.4 is 0 Å². The second-order valence-electron chi connectivity index (χ2n) is 5.02. The van der Waals surface area contributed by atoms with Crippen LogP contribution in [0.5, 0.6) is 0 Å². The third-order valence-corrected chi connectivity index (χ3v) is 3.75. The van der Waals surface area contributed by atoms with Gasteiger partial charge in [-0.25, -0.2) is 0 Å². The maximum atomic E-state index is 12.5. The van der Waals surface area contributed by atoms with Crippen LogP contribution >= 0.6 is 0 Å². The number of benzene rings is 2. The molecule has 0 saturated carbocycles. The minimum Gasteiger partial charge on any atom is -0.292 e. The maximum absolute atomic E-state index is 12.5. The first kappa shape index (κ1) is 11.7. The zero-order valence-electron chi connectivity index (χ0n) is 10.5. The summed E-state index contributed by atoms with van der Waals surface area (Å²) in [4.78, 5) is 12.5.